The lowest BCUT2D eigenvalue weighted by molar-refractivity contribution is -0.127. The fraction of sp³-hybridized carbons (Fsp3) is 0.333. The molecule has 3 aromatic rings. The van der Waals surface area contributed by atoms with E-state index >= 15 is 0 Å². The number of methoxy groups -OCH3 is 3. The van der Waals surface area contributed by atoms with E-state index < -0.39 is 0 Å². The van der Waals surface area contributed by atoms with E-state index in [1.54, 1.807) is 28.0 Å². The number of hydrogen-bond donors (Lipinski definition) is 0. The minimum absolute atomic E-state index is 0.0901. The van der Waals surface area contributed by atoms with Crippen LogP contribution in [0.1, 0.15) is 40.4 Å². The highest BCUT2D eigenvalue weighted by atomic mass is 16.5. The Morgan fingerprint density at radius 2 is 1.41 bits per heavy atom. The number of piperazine rings is 1. The second-order valence-electron chi connectivity index (χ2n) is 9.83. The van der Waals surface area contributed by atoms with Gasteiger partial charge in [0, 0.05) is 37.8 Å². The molecular weight excluding hydrogens is 520 g/mol. The second-order valence-corrected chi connectivity index (χ2v) is 9.83. The number of carbonyl (C=O) groups is 2. The Kier molecular flexibility index (Phi) is 9.90. The van der Waals surface area contributed by atoms with Gasteiger partial charge in [-0.25, -0.2) is 0 Å². The molecular formula is C33H38N2O6. The topological polar surface area (TPSA) is 77.5 Å². The lowest BCUT2D eigenvalue weighted by Gasteiger charge is -2.34. The summed E-state index contributed by atoms with van der Waals surface area (Å²) in [4.78, 5) is 30.4. The fourth-order valence-electron chi connectivity index (χ4n) is 4.83. The second kappa shape index (κ2) is 13.7. The minimum Gasteiger partial charge on any atom is -0.494 e. The molecule has 2 amide bonds. The number of benzene rings is 3. The van der Waals surface area contributed by atoms with Crippen LogP contribution in [-0.2, 0) is 4.79 Å². The standard InChI is InChI=1S/C33H38N2O6/c1-6-18-41-27-12-10-24(11-13-27)28(25-9-7-8-23(2)19-25)22-31(36)34-14-16-35(17-15-34)33(37)26-20-29(38-3)32(40-5)30(21-26)39-4/h7-13,19-22H,6,14-18H2,1-5H3. The summed E-state index contributed by atoms with van der Waals surface area (Å²) in [6, 6.07) is 19.3. The van der Waals surface area contributed by atoms with Crippen molar-refractivity contribution in [3.63, 3.8) is 0 Å². The van der Waals surface area contributed by atoms with Crippen molar-refractivity contribution in [1.82, 2.24) is 9.80 Å². The van der Waals surface area contributed by atoms with Gasteiger partial charge in [-0.3, -0.25) is 9.59 Å². The van der Waals surface area contributed by atoms with E-state index in [0.717, 1.165) is 34.4 Å². The van der Waals surface area contributed by atoms with Crippen LogP contribution in [0.3, 0.4) is 0 Å². The number of nitrogens with zero attached hydrogens (tertiary/aromatic N) is 2. The summed E-state index contributed by atoms with van der Waals surface area (Å²) in [5, 5.41) is 0. The lowest BCUT2D eigenvalue weighted by atomic mass is 9.96. The number of rotatable bonds is 10. The van der Waals surface area contributed by atoms with E-state index in [-0.39, 0.29) is 11.8 Å². The molecule has 8 heteroatoms. The van der Waals surface area contributed by atoms with Gasteiger partial charge in [-0.1, -0.05) is 48.9 Å². The van der Waals surface area contributed by atoms with E-state index in [4.69, 9.17) is 18.9 Å². The molecule has 1 heterocycles. The van der Waals surface area contributed by atoms with Gasteiger partial charge in [0.2, 0.25) is 11.7 Å². The summed E-state index contributed by atoms with van der Waals surface area (Å²) in [6.07, 6.45) is 2.64. The van der Waals surface area contributed by atoms with Crippen LogP contribution in [-0.4, -0.2) is 75.7 Å². The maximum Gasteiger partial charge on any atom is 0.254 e. The van der Waals surface area contributed by atoms with Crippen LogP contribution >= 0.6 is 0 Å². The van der Waals surface area contributed by atoms with Crippen molar-refractivity contribution in [3.8, 4) is 23.0 Å². The Bertz CT molecular complexity index is 1370. The van der Waals surface area contributed by atoms with Gasteiger partial charge in [0.15, 0.2) is 11.5 Å². The quantitative estimate of drug-likeness (QED) is 0.318. The van der Waals surface area contributed by atoms with Gasteiger partial charge in [0.1, 0.15) is 5.75 Å². The third kappa shape index (κ3) is 7.01. The zero-order valence-electron chi connectivity index (χ0n) is 24.4. The van der Waals surface area contributed by atoms with Crippen LogP contribution in [0.4, 0.5) is 0 Å². The number of amides is 2. The van der Waals surface area contributed by atoms with E-state index in [1.807, 2.05) is 49.4 Å². The van der Waals surface area contributed by atoms with E-state index in [1.165, 1.54) is 21.3 Å². The summed E-state index contributed by atoms with van der Waals surface area (Å²) in [6.45, 7) is 6.45. The van der Waals surface area contributed by atoms with Crippen molar-refractivity contribution in [2.75, 3.05) is 54.1 Å². The molecule has 0 saturated carbocycles. The molecule has 4 rings (SSSR count). The number of carbonyl (C=O) groups excluding carboxylic acids is 2. The van der Waals surface area contributed by atoms with E-state index in [0.29, 0.717) is 55.6 Å². The van der Waals surface area contributed by atoms with Gasteiger partial charge >= 0.3 is 0 Å². The Balaban J connectivity index is 1.51. The summed E-state index contributed by atoms with van der Waals surface area (Å²) < 4.78 is 21.9. The minimum atomic E-state index is -0.155. The number of aryl methyl sites for hydroxylation is 1. The molecule has 0 unspecified atom stereocenters. The van der Waals surface area contributed by atoms with Crippen LogP contribution in [0.25, 0.3) is 5.57 Å². The molecule has 1 aliphatic rings. The van der Waals surface area contributed by atoms with Crippen molar-refractivity contribution in [2.45, 2.75) is 20.3 Å². The Hall–Kier alpha value is -4.46. The smallest absolute Gasteiger partial charge is 0.254 e. The van der Waals surface area contributed by atoms with Gasteiger partial charge in [0.05, 0.1) is 27.9 Å². The van der Waals surface area contributed by atoms with Crippen LogP contribution in [0, 0.1) is 6.92 Å². The first-order valence-electron chi connectivity index (χ1n) is 13.8. The molecule has 8 nitrogen and oxygen atoms in total. The van der Waals surface area contributed by atoms with Gasteiger partial charge in [-0.2, -0.15) is 0 Å². The average molecular weight is 559 g/mol. The first kappa shape index (κ1) is 29.5. The molecule has 0 N–H and O–H groups in total. The van der Waals surface area contributed by atoms with Gasteiger partial charge in [-0.15, -0.1) is 0 Å². The SMILES string of the molecule is CCCOc1ccc(C(=CC(=O)N2CCN(C(=O)c3cc(OC)c(OC)c(OC)c3)CC2)c2cccc(C)c2)cc1. The molecule has 0 aliphatic carbocycles. The van der Waals surface area contributed by atoms with Crippen molar-refractivity contribution < 1.29 is 28.5 Å². The first-order chi connectivity index (χ1) is 19.9. The monoisotopic (exact) mass is 558 g/mol. The Labute approximate surface area is 242 Å². The predicted molar refractivity (Wildman–Crippen MR) is 159 cm³/mol. The van der Waals surface area contributed by atoms with Crippen LogP contribution in [0.2, 0.25) is 0 Å². The zero-order valence-corrected chi connectivity index (χ0v) is 24.4. The third-order valence-electron chi connectivity index (χ3n) is 7.03. The first-order valence-corrected chi connectivity index (χ1v) is 13.8. The van der Waals surface area contributed by atoms with Gasteiger partial charge < -0.3 is 28.7 Å². The lowest BCUT2D eigenvalue weighted by Crippen LogP contribution is -2.50. The zero-order chi connectivity index (χ0) is 29.4. The summed E-state index contributed by atoms with van der Waals surface area (Å²) in [7, 11) is 4.56. The third-order valence-corrected chi connectivity index (χ3v) is 7.03. The molecule has 0 aromatic heterocycles. The Morgan fingerprint density at radius 1 is 0.780 bits per heavy atom. The fourth-order valence-corrected chi connectivity index (χ4v) is 4.83. The molecule has 0 bridgehead atoms. The van der Waals surface area contributed by atoms with Crippen molar-refractivity contribution in [1.29, 1.82) is 0 Å². The number of hydrogen-bond acceptors (Lipinski definition) is 6. The van der Waals surface area contributed by atoms with Crippen LogP contribution < -0.4 is 18.9 Å². The largest absolute Gasteiger partial charge is 0.494 e. The summed E-state index contributed by atoms with van der Waals surface area (Å²) >= 11 is 0. The van der Waals surface area contributed by atoms with E-state index in [9.17, 15) is 9.59 Å². The van der Waals surface area contributed by atoms with Crippen LogP contribution in [0.5, 0.6) is 23.0 Å². The molecule has 216 valence electrons. The van der Waals surface area contributed by atoms with Crippen molar-refractivity contribution >= 4 is 17.4 Å². The van der Waals surface area contributed by atoms with Crippen molar-refractivity contribution in [2.24, 2.45) is 0 Å². The molecule has 3 aromatic carbocycles. The highest BCUT2D eigenvalue weighted by Crippen LogP contribution is 2.38. The molecule has 0 spiro atoms. The maximum absolute atomic E-state index is 13.5. The van der Waals surface area contributed by atoms with E-state index in [2.05, 4.69) is 13.0 Å². The number of ether oxygens (including phenoxy) is 4. The Morgan fingerprint density at radius 3 is 1.98 bits per heavy atom. The summed E-state index contributed by atoms with van der Waals surface area (Å²) in [5.74, 6) is 1.83. The molecule has 0 atom stereocenters. The normalized spacial score (nSPS) is 13.5. The highest BCUT2D eigenvalue weighted by molar-refractivity contribution is 6.00. The molecule has 1 fully saturated rings. The van der Waals surface area contributed by atoms with Gasteiger partial charge in [-0.05, 0) is 54.3 Å². The van der Waals surface area contributed by atoms with Gasteiger partial charge in [0.25, 0.3) is 5.91 Å². The predicted octanol–water partition coefficient (Wildman–Crippen LogP) is 5.23. The van der Waals surface area contributed by atoms with Crippen molar-refractivity contribution in [3.05, 3.63) is 89.0 Å². The molecule has 41 heavy (non-hydrogen) atoms. The van der Waals surface area contributed by atoms with Crippen LogP contribution in [0.15, 0.2) is 66.7 Å². The average Bonchev–Trinajstić information content (AvgIpc) is 3.01. The molecule has 1 aliphatic heterocycles. The maximum atomic E-state index is 13.5. The summed E-state index contributed by atoms with van der Waals surface area (Å²) in [5.41, 5.74) is 4.30. The molecule has 1 saturated heterocycles. The molecule has 0 radical (unpaired) electrons. The highest BCUT2D eigenvalue weighted by Gasteiger charge is 2.26.